The molecule has 0 saturated carbocycles. The van der Waals surface area contributed by atoms with E-state index in [9.17, 15) is 4.79 Å². The molecule has 0 fully saturated rings. The van der Waals surface area contributed by atoms with Crippen molar-refractivity contribution in [2.75, 3.05) is 12.5 Å². The van der Waals surface area contributed by atoms with Gasteiger partial charge in [0, 0.05) is 22.7 Å². The Labute approximate surface area is 127 Å². The number of hydrogen-bond acceptors (Lipinski definition) is 2. The summed E-state index contributed by atoms with van der Waals surface area (Å²) in [5.74, 6) is 0.900. The Morgan fingerprint density at radius 2 is 1.86 bits per heavy atom. The van der Waals surface area contributed by atoms with Crippen LogP contribution >= 0.6 is 11.6 Å². The molecule has 3 aromatic rings. The molecule has 21 heavy (non-hydrogen) atoms. The fraction of sp³-hybridized carbons (Fsp3) is 0.118. The lowest BCUT2D eigenvalue weighted by Crippen LogP contribution is -2.07. The number of aromatic nitrogens is 1. The Balaban J connectivity index is 2.04. The smallest absolute Gasteiger partial charge is 0.197 e. The largest absolute Gasteiger partial charge is 0.492 e. The number of hydrogen-bond donors (Lipinski definition) is 1. The van der Waals surface area contributed by atoms with Gasteiger partial charge in [0.05, 0.1) is 11.4 Å². The summed E-state index contributed by atoms with van der Waals surface area (Å²) in [6.45, 7) is 0.375. The average molecular weight is 300 g/mol. The van der Waals surface area contributed by atoms with Crippen molar-refractivity contribution in [3.05, 3.63) is 65.9 Å². The van der Waals surface area contributed by atoms with E-state index in [-0.39, 0.29) is 5.78 Å². The number of ketones is 1. The number of nitrogens with one attached hydrogen (secondary N) is 1. The summed E-state index contributed by atoms with van der Waals surface area (Å²) in [7, 11) is 0. The van der Waals surface area contributed by atoms with Gasteiger partial charge < -0.3 is 9.72 Å². The molecule has 4 heteroatoms. The molecule has 0 bridgehead atoms. The summed E-state index contributed by atoms with van der Waals surface area (Å²) in [5.41, 5.74) is 2.16. The van der Waals surface area contributed by atoms with Crippen molar-refractivity contribution in [2.24, 2.45) is 0 Å². The zero-order valence-electron chi connectivity index (χ0n) is 11.3. The van der Waals surface area contributed by atoms with E-state index in [0.29, 0.717) is 29.4 Å². The zero-order chi connectivity index (χ0) is 14.7. The third kappa shape index (κ3) is 2.65. The van der Waals surface area contributed by atoms with Gasteiger partial charge in [-0.3, -0.25) is 4.79 Å². The number of ether oxygens (including phenoxy) is 1. The van der Waals surface area contributed by atoms with Crippen molar-refractivity contribution in [3.8, 4) is 5.75 Å². The number of H-pyrrole nitrogens is 1. The van der Waals surface area contributed by atoms with Crippen LogP contribution in [-0.4, -0.2) is 23.3 Å². The number of benzene rings is 2. The van der Waals surface area contributed by atoms with Gasteiger partial charge in [-0.1, -0.05) is 24.3 Å². The second kappa shape index (κ2) is 6.02. The van der Waals surface area contributed by atoms with Crippen LogP contribution in [0.1, 0.15) is 15.9 Å². The lowest BCUT2D eigenvalue weighted by atomic mass is 9.99. The number of carbonyl (C=O) groups is 1. The first-order chi connectivity index (χ1) is 10.3. The minimum absolute atomic E-state index is 0.0506. The molecule has 2 aromatic carbocycles. The highest BCUT2D eigenvalue weighted by Gasteiger charge is 2.16. The van der Waals surface area contributed by atoms with E-state index in [0.717, 1.165) is 10.9 Å². The lowest BCUT2D eigenvalue weighted by molar-refractivity contribution is 0.103. The molecule has 0 radical (unpaired) electrons. The summed E-state index contributed by atoms with van der Waals surface area (Å²) in [4.78, 5) is 15.9. The zero-order valence-corrected chi connectivity index (χ0v) is 12.1. The van der Waals surface area contributed by atoms with Crippen molar-refractivity contribution in [1.29, 1.82) is 0 Å². The molecule has 3 rings (SSSR count). The van der Waals surface area contributed by atoms with Crippen molar-refractivity contribution in [3.63, 3.8) is 0 Å². The predicted octanol–water partition coefficient (Wildman–Crippen LogP) is 4.02. The Morgan fingerprint density at radius 1 is 1.05 bits per heavy atom. The Kier molecular flexibility index (Phi) is 3.93. The van der Waals surface area contributed by atoms with Gasteiger partial charge in [-0.2, -0.15) is 0 Å². The number of alkyl halides is 1. The maximum absolute atomic E-state index is 12.8. The number of para-hydroxylation sites is 1. The first-order valence-electron chi connectivity index (χ1n) is 6.70. The Morgan fingerprint density at radius 3 is 2.71 bits per heavy atom. The highest BCUT2D eigenvalue weighted by Crippen LogP contribution is 2.25. The highest BCUT2D eigenvalue weighted by molar-refractivity contribution is 6.18. The van der Waals surface area contributed by atoms with Crippen LogP contribution in [0.2, 0.25) is 0 Å². The van der Waals surface area contributed by atoms with Gasteiger partial charge in [0.15, 0.2) is 5.78 Å². The molecular formula is C17H14ClNO2. The number of fused-ring (bicyclic) bond motifs is 1. The molecule has 0 amide bonds. The number of halogens is 1. The van der Waals surface area contributed by atoms with Crippen molar-refractivity contribution >= 4 is 28.3 Å². The average Bonchev–Trinajstić information content (AvgIpc) is 3.01. The van der Waals surface area contributed by atoms with Crippen molar-refractivity contribution < 1.29 is 9.53 Å². The van der Waals surface area contributed by atoms with Gasteiger partial charge in [-0.25, -0.2) is 0 Å². The molecule has 106 valence electrons. The van der Waals surface area contributed by atoms with Gasteiger partial charge in [0.2, 0.25) is 0 Å². The molecule has 0 spiro atoms. The van der Waals surface area contributed by atoms with Gasteiger partial charge in [0.25, 0.3) is 0 Å². The number of carbonyl (C=O) groups excluding carboxylic acids is 1. The molecule has 1 heterocycles. The standard InChI is InChI=1S/C17H14ClNO2/c18-9-11-21-16-7-2-1-4-14(16)17(20)13-5-3-6-15-12(13)8-10-19-15/h1-8,10,19H,9,11H2. The second-order valence-electron chi connectivity index (χ2n) is 4.61. The second-order valence-corrected chi connectivity index (χ2v) is 4.99. The van der Waals surface area contributed by atoms with Crippen molar-refractivity contribution in [2.45, 2.75) is 0 Å². The summed E-state index contributed by atoms with van der Waals surface area (Å²) < 4.78 is 5.56. The Bertz CT molecular complexity index is 779. The van der Waals surface area contributed by atoms with Crippen LogP contribution in [0.25, 0.3) is 10.9 Å². The maximum Gasteiger partial charge on any atom is 0.197 e. The van der Waals surface area contributed by atoms with Crippen LogP contribution in [0.5, 0.6) is 5.75 Å². The minimum atomic E-state index is -0.0506. The molecule has 0 atom stereocenters. The van der Waals surface area contributed by atoms with E-state index >= 15 is 0 Å². The number of rotatable bonds is 5. The quantitative estimate of drug-likeness (QED) is 0.571. The topological polar surface area (TPSA) is 42.1 Å². The minimum Gasteiger partial charge on any atom is -0.492 e. The fourth-order valence-electron chi connectivity index (χ4n) is 2.36. The van der Waals surface area contributed by atoms with Crippen LogP contribution in [0, 0.1) is 0 Å². The van der Waals surface area contributed by atoms with E-state index in [4.69, 9.17) is 16.3 Å². The van der Waals surface area contributed by atoms with Crippen LogP contribution in [0.3, 0.4) is 0 Å². The molecule has 0 aliphatic carbocycles. The Hall–Kier alpha value is -2.26. The third-order valence-corrected chi connectivity index (χ3v) is 3.46. The van der Waals surface area contributed by atoms with Crippen molar-refractivity contribution in [1.82, 2.24) is 4.98 Å². The molecule has 0 aliphatic rings. The fourth-order valence-corrected chi connectivity index (χ4v) is 2.43. The predicted molar refractivity (Wildman–Crippen MR) is 84.4 cm³/mol. The van der Waals surface area contributed by atoms with E-state index in [1.54, 1.807) is 12.1 Å². The molecular weight excluding hydrogens is 286 g/mol. The highest BCUT2D eigenvalue weighted by atomic mass is 35.5. The van der Waals surface area contributed by atoms with Crippen LogP contribution in [-0.2, 0) is 0 Å². The van der Waals surface area contributed by atoms with E-state index in [2.05, 4.69) is 4.98 Å². The lowest BCUT2D eigenvalue weighted by Gasteiger charge is -2.10. The van der Waals surface area contributed by atoms with Gasteiger partial charge in [-0.15, -0.1) is 11.6 Å². The summed E-state index contributed by atoms with van der Waals surface area (Å²) in [5, 5.41) is 0.912. The maximum atomic E-state index is 12.8. The summed E-state index contributed by atoms with van der Waals surface area (Å²) >= 11 is 5.65. The molecule has 1 aromatic heterocycles. The number of aromatic amines is 1. The molecule has 0 saturated heterocycles. The third-order valence-electron chi connectivity index (χ3n) is 3.31. The summed E-state index contributed by atoms with van der Waals surface area (Å²) in [6.07, 6.45) is 1.83. The van der Waals surface area contributed by atoms with Gasteiger partial charge in [0.1, 0.15) is 12.4 Å². The summed E-state index contributed by atoms with van der Waals surface area (Å²) in [6, 6.07) is 14.8. The van der Waals surface area contributed by atoms with Crippen LogP contribution < -0.4 is 4.74 Å². The van der Waals surface area contributed by atoms with Crippen LogP contribution in [0.4, 0.5) is 0 Å². The van der Waals surface area contributed by atoms with Gasteiger partial charge >= 0.3 is 0 Å². The van der Waals surface area contributed by atoms with E-state index in [1.165, 1.54) is 0 Å². The normalized spacial score (nSPS) is 10.7. The molecule has 0 aliphatic heterocycles. The monoisotopic (exact) mass is 299 g/mol. The van der Waals surface area contributed by atoms with Crippen LogP contribution in [0.15, 0.2) is 54.7 Å². The van der Waals surface area contributed by atoms with E-state index < -0.39 is 0 Å². The molecule has 0 unspecified atom stereocenters. The molecule has 1 N–H and O–H groups in total. The first-order valence-corrected chi connectivity index (χ1v) is 7.23. The van der Waals surface area contributed by atoms with Gasteiger partial charge in [-0.05, 0) is 24.3 Å². The van der Waals surface area contributed by atoms with E-state index in [1.807, 2.05) is 42.6 Å². The first kappa shape index (κ1) is 13.7. The molecule has 3 nitrogen and oxygen atoms in total. The SMILES string of the molecule is O=C(c1ccccc1OCCCl)c1cccc2[nH]ccc12.